The fourth-order valence-electron chi connectivity index (χ4n) is 5.52. The number of hydrogen-bond acceptors (Lipinski definition) is 2. The van der Waals surface area contributed by atoms with Gasteiger partial charge in [-0.3, -0.25) is 9.59 Å². The summed E-state index contributed by atoms with van der Waals surface area (Å²) in [6.45, 7) is 0. The van der Waals surface area contributed by atoms with Crippen LogP contribution in [0.4, 0.5) is 0 Å². The highest BCUT2D eigenvalue weighted by molar-refractivity contribution is 9.10. The first-order valence-corrected chi connectivity index (χ1v) is 11.0. The zero-order chi connectivity index (χ0) is 18.1. The molecular formula is C23H27BrO2. The van der Waals surface area contributed by atoms with Crippen LogP contribution in [0.25, 0.3) is 0 Å². The third kappa shape index (κ3) is 3.35. The average Bonchev–Trinajstić information content (AvgIpc) is 2.68. The van der Waals surface area contributed by atoms with Crippen LogP contribution in [0.1, 0.15) is 69.3 Å². The normalized spacial score (nSPS) is 31.9. The van der Waals surface area contributed by atoms with Gasteiger partial charge in [0.15, 0.2) is 5.78 Å². The van der Waals surface area contributed by atoms with Crippen LogP contribution in [0.2, 0.25) is 0 Å². The van der Waals surface area contributed by atoms with Crippen molar-refractivity contribution in [2.75, 3.05) is 0 Å². The molecule has 0 radical (unpaired) electrons. The molecule has 4 atom stereocenters. The molecule has 0 amide bonds. The molecule has 0 N–H and O–H groups in total. The lowest BCUT2D eigenvalue weighted by atomic mass is 9.57. The van der Waals surface area contributed by atoms with E-state index in [1.165, 1.54) is 6.42 Å². The van der Waals surface area contributed by atoms with Crippen molar-refractivity contribution in [3.05, 3.63) is 46.0 Å². The van der Waals surface area contributed by atoms with E-state index in [0.717, 1.165) is 60.6 Å². The molecular weight excluding hydrogens is 388 g/mol. The smallest absolute Gasteiger partial charge is 0.162 e. The van der Waals surface area contributed by atoms with Gasteiger partial charge in [0.2, 0.25) is 0 Å². The van der Waals surface area contributed by atoms with Gasteiger partial charge in [-0.25, -0.2) is 0 Å². The molecule has 0 heterocycles. The number of allylic oxidation sites excluding steroid dienone is 2. The molecule has 1 aromatic rings. The maximum absolute atomic E-state index is 13.6. The molecule has 0 bridgehead atoms. The van der Waals surface area contributed by atoms with Crippen molar-refractivity contribution < 1.29 is 9.59 Å². The maximum Gasteiger partial charge on any atom is 0.162 e. The van der Waals surface area contributed by atoms with Gasteiger partial charge in [0, 0.05) is 28.6 Å². The number of hydrogen-bond donors (Lipinski definition) is 0. The Morgan fingerprint density at radius 3 is 2.58 bits per heavy atom. The van der Waals surface area contributed by atoms with Crippen molar-refractivity contribution >= 4 is 27.5 Å². The van der Waals surface area contributed by atoms with Gasteiger partial charge in [-0.2, -0.15) is 0 Å². The van der Waals surface area contributed by atoms with E-state index in [4.69, 9.17) is 0 Å². The van der Waals surface area contributed by atoms with Crippen LogP contribution in [-0.4, -0.2) is 11.6 Å². The lowest BCUT2D eigenvalue weighted by Crippen LogP contribution is -2.45. The Morgan fingerprint density at radius 2 is 1.81 bits per heavy atom. The highest BCUT2D eigenvalue weighted by Gasteiger charge is 2.48. The Bertz CT molecular complexity index is 735. The third-order valence-electron chi connectivity index (χ3n) is 6.76. The highest BCUT2D eigenvalue weighted by atomic mass is 79.9. The summed E-state index contributed by atoms with van der Waals surface area (Å²) in [4.78, 5) is 26.5. The Morgan fingerprint density at radius 1 is 1.00 bits per heavy atom. The molecule has 4 rings (SSSR count). The number of rotatable bonds is 3. The van der Waals surface area contributed by atoms with Gasteiger partial charge in [-0.15, -0.1) is 0 Å². The molecule has 2 fully saturated rings. The van der Waals surface area contributed by atoms with E-state index < -0.39 is 0 Å². The number of halogens is 1. The first-order chi connectivity index (χ1) is 12.7. The molecule has 2 saturated carbocycles. The van der Waals surface area contributed by atoms with Crippen LogP contribution in [-0.2, 0) is 9.59 Å². The van der Waals surface area contributed by atoms with Crippen LogP contribution >= 0.6 is 15.9 Å². The number of fused-ring (bicyclic) bond motifs is 1. The fourth-order valence-corrected chi connectivity index (χ4v) is 6.09. The molecule has 0 unspecified atom stereocenters. The first kappa shape index (κ1) is 18.2. The van der Waals surface area contributed by atoms with E-state index in [-0.39, 0.29) is 23.7 Å². The minimum Gasteiger partial charge on any atom is -0.299 e. The summed E-state index contributed by atoms with van der Waals surface area (Å²) in [6, 6.07) is 8.16. The van der Waals surface area contributed by atoms with Gasteiger partial charge in [0.1, 0.15) is 5.78 Å². The average molecular weight is 415 g/mol. The first-order valence-electron chi connectivity index (χ1n) is 10.2. The van der Waals surface area contributed by atoms with Crippen LogP contribution in [0.15, 0.2) is 40.4 Å². The topological polar surface area (TPSA) is 34.1 Å². The fraction of sp³-hybridized carbons (Fsp3) is 0.565. The minimum atomic E-state index is -0.0268. The molecule has 0 aliphatic heterocycles. The summed E-state index contributed by atoms with van der Waals surface area (Å²) < 4.78 is 1.03. The summed E-state index contributed by atoms with van der Waals surface area (Å²) in [5.41, 5.74) is 2.18. The minimum absolute atomic E-state index is 0.0211. The zero-order valence-electron chi connectivity index (χ0n) is 15.3. The van der Waals surface area contributed by atoms with E-state index in [1.54, 1.807) is 0 Å². The maximum atomic E-state index is 13.6. The Kier molecular flexibility index (Phi) is 5.45. The second kappa shape index (κ2) is 7.80. The summed E-state index contributed by atoms with van der Waals surface area (Å²) >= 11 is 3.68. The number of Topliss-reactive ketones (excluding diaryl/α,β-unsaturated/α-hetero) is 2. The number of carbonyl (C=O) groups is 2. The lowest BCUT2D eigenvalue weighted by molar-refractivity contribution is -0.136. The van der Waals surface area contributed by atoms with Crippen LogP contribution in [0.5, 0.6) is 0 Å². The Hall–Kier alpha value is -1.22. The van der Waals surface area contributed by atoms with E-state index in [2.05, 4.69) is 28.1 Å². The molecule has 0 aromatic heterocycles. The standard InChI is InChI=1S/C23H27BrO2/c24-20-13-7-6-10-16(20)19-14-21(25)17-11-4-5-12-18(17)22(19)23(26)15-8-2-1-3-9-15/h6-8,10,13,17-19,22H,1-5,9,11-12,14H2/t17-,18+,19-,22+/m0/s1. The van der Waals surface area contributed by atoms with Gasteiger partial charge < -0.3 is 0 Å². The molecule has 0 saturated heterocycles. The summed E-state index contributed by atoms with van der Waals surface area (Å²) in [6.07, 6.45) is 11.3. The second-order valence-electron chi connectivity index (χ2n) is 8.22. The molecule has 2 nitrogen and oxygen atoms in total. The molecule has 26 heavy (non-hydrogen) atoms. The summed E-state index contributed by atoms with van der Waals surface area (Å²) in [5.74, 6) is 1.07. The van der Waals surface area contributed by atoms with Crippen LogP contribution < -0.4 is 0 Å². The van der Waals surface area contributed by atoms with E-state index >= 15 is 0 Å². The van der Waals surface area contributed by atoms with Gasteiger partial charge >= 0.3 is 0 Å². The Balaban J connectivity index is 1.74. The Labute approximate surface area is 164 Å². The van der Waals surface area contributed by atoms with Crippen molar-refractivity contribution in [3.63, 3.8) is 0 Å². The molecule has 3 aliphatic carbocycles. The van der Waals surface area contributed by atoms with Crippen molar-refractivity contribution in [2.45, 2.75) is 63.7 Å². The predicted molar refractivity (Wildman–Crippen MR) is 107 cm³/mol. The molecule has 138 valence electrons. The molecule has 3 heteroatoms. The largest absolute Gasteiger partial charge is 0.299 e. The van der Waals surface area contributed by atoms with Crippen LogP contribution in [0.3, 0.4) is 0 Å². The zero-order valence-corrected chi connectivity index (χ0v) is 16.8. The third-order valence-corrected chi connectivity index (χ3v) is 7.49. The molecule has 0 spiro atoms. The second-order valence-corrected chi connectivity index (χ2v) is 9.07. The monoisotopic (exact) mass is 414 g/mol. The van der Waals surface area contributed by atoms with Crippen LogP contribution in [0, 0.1) is 17.8 Å². The number of ketones is 2. The van der Waals surface area contributed by atoms with Crippen molar-refractivity contribution in [3.8, 4) is 0 Å². The van der Waals surface area contributed by atoms with Gasteiger partial charge in [-0.05, 0) is 61.6 Å². The number of carbonyl (C=O) groups excluding carboxylic acids is 2. The summed E-state index contributed by atoms with van der Waals surface area (Å²) in [5, 5.41) is 0. The highest BCUT2D eigenvalue weighted by Crippen LogP contribution is 2.50. The van der Waals surface area contributed by atoms with Gasteiger partial charge in [0.05, 0.1) is 0 Å². The van der Waals surface area contributed by atoms with Crippen molar-refractivity contribution in [1.29, 1.82) is 0 Å². The quantitative estimate of drug-likeness (QED) is 0.607. The predicted octanol–water partition coefficient (Wildman–Crippen LogP) is 6.00. The molecule has 3 aliphatic rings. The van der Waals surface area contributed by atoms with E-state index in [9.17, 15) is 9.59 Å². The van der Waals surface area contributed by atoms with E-state index in [0.29, 0.717) is 18.0 Å². The van der Waals surface area contributed by atoms with Gasteiger partial charge in [0.25, 0.3) is 0 Å². The van der Waals surface area contributed by atoms with Crippen molar-refractivity contribution in [1.82, 2.24) is 0 Å². The SMILES string of the molecule is O=C(C1=CCCCC1)[C@@H]1[C@@H]2CCCC[C@@H]2C(=O)C[C@H]1c1ccccc1Br. The van der Waals surface area contributed by atoms with Crippen molar-refractivity contribution in [2.24, 2.45) is 17.8 Å². The summed E-state index contributed by atoms with van der Waals surface area (Å²) in [7, 11) is 0. The number of benzene rings is 1. The van der Waals surface area contributed by atoms with Gasteiger partial charge in [-0.1, -0.05) is 53.0 Å². The lowest BCUT2D eigenvalue weighted by Gasteiger charge is -2.44. The van der Waals surface area contributed by atoms with E-state index in [1.807, 2.05) is 18.2 Å². The molecule has 1 aromatic carbocycles.